The highest BCUT2D eigenvalue weighted by atomic mass is 16.5. The predicted molar refractivity (Wildman–Crippen MR) is 315 cm³/mol. The Labute approximate surface area is 447 Å². The Morgan fingerprint density at radius 3 is 1.65 bits per heavy atom. The predicted octanol–water partition coefficient (Wildman–Crippen LogP) is 16.6. The smallest absolute Gasteiger partial charge is 0.119 e. The van der Waals surface area contributed by atoms with Crippen LogP contribution in [0.5, 0.6) is 5.75 Å². The summed E-state index contributed by atoms with van der Waals surface area (Å²) >= 11 is 0. The lowest BCUT2D eigenvalue weighted by Gasteiger charge is -2.10. The summed E-state index contributed by atoms with van der Waals surface area (Å²) in [6.07, 6.45) is 30.9. The molecule has 6 aromatic carbocycles. The molecule has 4 nitrogen and oxygen atoms in total. The molecule has 0 saturated heterocycles. The lowest BCUT2D eigenvalue weighted by molar-refractivity contribution is 0.271. The third-order valence-corrected chi connectivity index (χ3v) is 13.2. The van der Waals surface area contributed by atoms with E-state index in [0.29, 0.717) is 13.2 Å². The van der Waals surface area contributed by atoms with Gasteiger partial charge in [0.25, 0.3) is 0 Å². The van der Waals surface area contributed by atoms with Gasteiger partial charge in [0, 0.05) is 30.8 Å². The molecule has 0 aliphatic rings. The molecule has 0 aromatic heterocycles. The second kappa shape index (κ2) is 35.6. The zero-order chi connectivity index (χ0) is 52.3. The van der Waals surface area contributed by atoms with Crippen LogP contribution >= 0.6 is 0 Å². The van der Waals surface area contributed by atoms with Crippen molar-refractivity contribution in [2.75, 3.05) is 26.4 Å². The normalized spacial score (nSPS) is 10.9. The number of unbranched alkanes of at least 4 members (excludes halogenated alkanes) is 9. The Balaban J connectivity index is 0.000000274. The summed E-state index contributed by atoms with van der Waals surface area (Å²) in [5, 5.41) is 17.7. The zero-order valence-corrected chi connectivity index (χ0v) is 45.3. The molecule has 0 aliphatic heterocycles. The third kappa shape index (κ3) is 23.5. The van der Waals surface area contributed by atoms with Gasteiger partial charge in [-0.25, -0.2) is 0 Å². The summed E-state index contributed by atoms with van der Waals surface area (Å²) in [7, 11) is 0. The summed E-state index contributed by atoms with van der Waals surface area (Å²) in [4.78, 5) is 0. The lowest BCUT2D eigenvalue weighted by atomic mass is 9.96. The van der Waals surface area contributed by atoms with E-state index < -0.39 is 0 Å². The maximum atomic E-state index is 8.88. The molecule has 0 fully saturated rings. The maximum Gasteiger partial charge on any atom is 0.119 e. The van der Waals surface area contributed by atoms with Crippen LogP contribution in [0, 0.1) is 37.7 Å². The Hall–Kier alpha value is -6.56. The highest BCUT2D eigenvalue weighted by Crippen LogP contribution is 2.21. The minimum atomic E-state index is 0.239. The van der Waals surface area contributed by atoms with E-state index in [4.69, 9.17) is 19.7 Å². The average Bonchev–Trinajstić information content (AvgIpc) is 3.42. The van der Waals surface area contributed by atoms with Crippen LogP contribution in [0.15, 0.2) is 133 Å². The van der Waals surface area contributed by atoms with Gasteiger partial charge < -0.3 is 19.7 Å². The fourth-order valence-electron chi connectivity index (χ4n) is 8.48. The minimum Gasteiger partial charge on any atom is -0.494 e. The zero-order valence-electron chi connectivity index (χ0n) is 45.3. The van der Waals surface area contributed by atoms with Gasteiger partial charge >= 0.3 is 0 Å². The van der Waals surface area contributed by atoms with Crippen molar-refractivity contribution in [3.05, 3.63) is 206 Å². The Morgan fingerprint density at radius 1 is 0.432 bits per heavy atom. The quantitative estimate of drug-likeness (QED) is 0.0292. The summed E-state index contributed by atoms with van der Waals surface area (Å²) in [6, 6.07) is 47.9. The first-order valence-electron chi connectivity index (χ1n) is 27.7. The number of aliphatic hydroxyl groups is 2. The molecule has 4 heteroatoms. The monoisotopic (exact) mass is 989 g/mol. The lowest BCUT2D eigenvalue weighted by Crippen LogP contribution is -1.99. The molecule has 0 heterocycles. The molecule has 74 heavy (non-hydrogen) atoms. The van der Waals surface area contributed by atoms with Gasteiger partial charge in [-0.3, -0.25) is 0 Å². The number of hydrogen-bond acceptors (Lipinski definition) is 4. The van der Waals surface area contributed by atoms with E-state index in [-0.39, 0.29) is 6.61 Å². The van der Waals surface area contributed by atoms with E-state index >= 15 is 0 Å². The van der Waals surface area contributed by atoms with E-state index in [9.17, 15) is 0 Å². The summed E-state index contributed by atoms with van der Waals surface area (Å²) in [6.45, 7) is 10.8. The molecule has 0 saturated carbocycles. The molecule has 0 atom stereocenters. The molecule has 388 valence electrons. The first-order chi connectivity index (χ1) is 36.3. The number of aliphatic hydroxyl groups excluding tert-OH is 2. The van der Waals surface area contributed by atoms with Gasteiger partial charge in [0.1, 0.15) is 18.5 Å². The second-order valence-electron chi connectivity index (χ2n) is 19.5. The topological polar surface area (TPSA) is 58.9 Å². The van der Waals surface area contributed by atoms with Crippen molar-refractivity contribution in [1.82, 2.24) is 0 Å². The van der Waals surface area contributed by atoms with Crippen LogP contribution in [-0.2, 0) is 36.8 Å². The second-order valence-corrected chi connectivity index (χ2v) is 19.5. The van der Waals surface area contributed by atoms with Crippen molar-refractivity contribution in [2.24, 2.45) is 0 Å². The van der Waals surface area contributed by atoms with Crippen molar-refractivity contribution >= 4 is 24.3 Å². The first-order valence-corrected chi connectivity index (χ1v) is 27.7. The molecule has 0 unspecified atom stereocenters. The van der Waals surface area contributed by atoms with E-state index in [1.807, 2.05) is 12.1 Å². The van der Waals surface area contributed by atoms with Crippen LogP contribution < -0.4 is 4.74 Å². The van der Waals surface area contributed by atoms with E-state index in [0.717, 1.165) is 118 Å². The fourth-order valence-corrected chi connectivity index (χ4v) is 8.48. The number of ether oxygens (including phenoxy) is 2. The Kier molecular flexibility index (Phi) is 28.0. The molecule has 6 rings (SSSR count). The summed E-state index contributed by atoms with van der Waals surface area (Å²) < 4.78 is 11.2. The molecule has 0 radical (unpaired) electrons. The fraction of sp³-hybridized carbons (Fsp3) is 0.371. The minimum absolute atomic E-state index is 0.239. The largest absolute Gasteiger partial charge is 0.494 e. The standard InChI is InChI=1S/C35H36O2.C35H48O2/c1-3-4-26-37-27-24-33-16-14-31(15-17-33)18-19-34-21-23-35(29(2)28-34)22-20-32-12-10-30(11-13-32)9-7-5-6-8-25-36;1-3-4-5-10-27-37-35-24-20-32(21-25-35)16-17-33-19-23-34(29(2)28-33)22-18-31-14-12-30(13-15-31)11-8-6-7-9-26-36/h10-23,28,36H,3-6,8,25-26H2,1-2H3;12-15,19-21,23-25,28,36H,3-11,16-18,22,26-27H2,1-2H3/b19-18+,22-20+;. The molecular formula is C70H84O4. The van der Waals surface area contributed by atoms with Crippen molar-refractivity contribution in [2.45, 2.75) is 143 Å². The number of aryl methyl sites for hydroxylation is 7. The van der Waals surface area contributed by atoms with Gasteiger partial charge in [0.15, 0.2) is 0 Å². The van der Waals surface area contributed by atoms with Gasteiger partial charge in [-0.2, -0.15) is 0 Å². The summed E-state index contributed by atoms with van der Waals surface area (Å²) in [5.41, 5.74) is 16.4. The highest BCUT2D eigenvalue weighted by Gasteiger charge is 2.05. The van der Waals surface area contributed by atoms with Crippen molar-refractivity contribution in [3.63, 3.8) is 0 Å². The molecule has 0 bridgehead atoms. The van der Waals surface area contributed by atoms with Crippen LogP contribution in [0.2, 0.25) is 0 Å². The van der Waals surface area contributed by atoms with Gasteiger partial charge in [-0.05, 0) is 188 Å². The van der Waals surface area contributed by atoms with Gasteiger partial charge in [-0.1, -0.05) is 186 Å². The van der Waals surface area contributed by atoms with Crippen molar-refractivity contribution in [3.8, 4) is 29.6 Å². The van der Waals surface area contributed by atoms with Gasteiger partial charge in [0.2, 0.25) is 0 Å². The van der Waals surface area contributed by atoms with E-state index in [1.54, 1.807) is 0 Å². The number of benzene rings is 6. The van der Waals surface area contributed by atoms with Crippen LogP contribution in [-0.4, -0.2) is 36.6 Å². The maximum absolute atomic E-state index is 8.88. The van der Waals surface area contributed by atoms with Crippen LogP contribution in [0.4, 0.5) is 0 Å². The molecule has 0 spiro atoms. The molecule has 6 aromatic rings. The first kappa shape index (κ1) is 58.3. The number of hydrogen-bond donors (Lipinski definition) is 2. The Morgan fingerprint density at radius 2 is 0.986 bits per heavy atom. The Bertz CT molecular complexity index is 2670. The summed E-state index contributed by atoms with van der Waals surface area (Å²) in [5.74, 6) is 10.4. The van der Waals surface area contributed by atoms with E-state index in [2.05, 4.69) is 197 Å². The molecule has 2 N–H and O–H groups in total. The van der Waals surface area contributed by atoms with Gasteiger partial charge in [0.05, 0.1) is 6.61 Å². The van der Waals surface area contributed by atoms with Crippen LogP contribution in [0.1, 0.15) is 170 Å². The van der Waals surface area contributed by atoms with Crippen LogP contribution in [0.25, 0.3) is 24.3 Å². The highest BCUT2D eigenvalue weighted by molar-refractivity contribution is 5.74. The molecule has 0 amide bonds. The average molecular weight is 989 g/mol. The SMILES string of the molecule is CCCCCCOc1ccc(CCc2ccc(CCc3ccc(CCCCCCO)cc3)c(C)c2)cc1.CCCCOC#Cc1ccc(/C=C/c2ccc(/C=C/c3ccc(C#CCCCCO)cc3)c(C)c2)cc1. The van der Waals surface area contributed by atoms with E-state index in [1.165, 1.54) is 82.2 Å². The molecular weight excluding hydrogens is 905 g/mol. The van der Waals surface area contributed by atoms with Crippen molar-refractivity contribution < 1.29 is 19.7 Å². The third-order valence-electron chi connectivity index (χ3n) is 13.2. The van der Waals surface area contributed by atoms with Gasteiger partial charge in [-0.15, -0.1) is 0 Å². The van der Waals surface area contributed by atoms with Crippen molar-refractivity contribution in [1.29, 1.82) is 0 Å². The molecule has 0 aliphatic carbocycles. The van der Waals surface area contributed by atoms with Crippen LogP contribution in [0.3, 0.4) is 0 Å². The number of rotatable bonds is 28.